The largest absolute Gasteiger partial charge is 0.394 e. The predicted octanol–water partition coefficient (Wildman–Crippen LogP) is 2.52. The van der Waals surface area contributed by atoms with Crippen molar-refractivity contribution < 1.29 is 5.11 Å². The molecule has 21 heavy (non-hydrogen) atoms. The molecule has 0 amide bonds. The third kappa shape index (κ3) is 4.45. The third-order valence-corrected chi connectivity index (χ3v) is 4.67. The van der Waals surface area contributed by atoms with Crippen LogP contribution in [0.25, 0.3) is 0 Å². The van der Waals surface area contributed by atoms with Gasteiger partial charge in [-0.2, -0.15) is 5.10 Å². The summed E-state index contributed by atoms with van der Waals surface area (Å²) in [4.78, 5) is 11.9. The summed E-state index contributed by atoms with van der Waals surface area (Å²) in [5.41, 5.74) is 0.224. The minimum atomic E-state index is -0.359. The topological polar surface area (TPSA) is 67.2 Å². The number of aliphatic hydroxyl groups is 1. The molecule has 0 aliphatic heterocycles. The Bertz CT molecular complexity index is 510. The van der Waals surface area contributed by atoms with Crippen LogP contribution in [0.2, 0.25) is 5.02 Å². The molecule has 0 bridgehead atoms. The lowest BCUT2D eigenvalue weighted by Crippen LogP contribution is -2.26. The van der Waals surface area contributed by atoms with Gasteiger partial charge in [-0.3, -0.25) is 4.79 Å². The van der Waals surface area contributed by atoms with Gasteiger partial charge in [-0.05, 0) is 18.3 Å². The van der Waals surface area contributed by atoms with Crippen molar-refractivity contribution in [3.63, 3.8) is 0 Å². The monoisotopic (exact) mass is 313 g/mol. The SMILES string of the molecule is CC1CCC(CCNc2cnn(CCO)c(=O)c2Cl)CC1. The van der Waals surface area contributed by atoms with E-state index in [9.17, 15) is 4.79 Å². The fourth-order valence-electron chi connectivity index (χ4n) is 2.87. The number of hydrogen-bond acceptors (Lipinski definition) is 4. The van der Waals surface area contributed by atoms with Crippen molar-refractivity contribution in [1.82, 2.24) is 9.78 Å². The number of aliphatic hydroxyl groups excluding tert-OH is 1. The molecule has 0 aromatic carbocycles. The number of halogens is 1. The Labute approximate surface area is 130 Å². The molecule has 0 unspecified atom stereocenters. The standard InChI is InChI=1S/C15H24ClN3O2/c1-11-2-4-12(5-3-11)6-7-17-13-10-18-19(8-9-20)15(21)14(13)16/h10-12,17,20H,2-9H2,1H3. The number of anilines is 1. The summed E-state index contributed by atoms with van der Waals surface area (Å²) < 4.78 is 1.18. The minimum absolute atomic E-state index is 0.129. The van der Waals surface area contributed by atoms with Crippen LogP contribution in [-0.4, -0.2) is 28.0 Å². The first-order valence-corrected chi connectivity index (χ1v) is 8.10. The molecule has 118 valence electrons. The van der Waals surface area contributed by atoms with E-state index >= 15 is 0 Å². The molecule has 1 aliphatic carbocycles. The molecule has 5 nitrogen and oxygen atoms in total. The van der Waals surface area contributed by atoms with Crippen LogP contribution < -0.4 is 10.9 Å². The maximum absolute atomic E-state index is 11.9. The second kappa shape index (κ2) is 7.80. The number of nitrogens with one attached hydrogen (secondary N) is 1. The van der Waals surface area contributed by atoms with Crippen LogP contribution in [0, 0.1) is 11.8 Å². The highest BCUT2D eigenvalue weighted by molar-refractivity contribution is 6.32. The lowest BCUT2D eigenvalue weighted by molar-refractivity contribution is 0.266. The van der Waals surface area contributed by atoms with E-state index in [1.807, 2.05) is 0 Å². The van der Waals surface area contributed by atoms with Gasteiger partial charge in [-0.1, -0.05) is 44.2 Å². The van der Waals surface area contributed by atoms with Crippen LogP contribution in [0.15, 0.2) is 11.0 Å². The zero-order chi connectivity index (χ0) is 15.2. The normalized spacial score (nSPS) is 22.2. The third-order valence-electron chi connectivity index (χ3n) is 4.30. The predicted molar refractivity (Wildman–Crippen MR) is 84.8 cm³/mol. The van der Waals surface area contributed by atoms with E-state index in [0.29, 0.717) is 5.69 Å². The summed E-state index contributed by atoms with van der Waals surface area (Å²) in [5, 5.41) is 16.2. The second-order valence-electron chi connectivity index (χ2n) is 5.97. The smallest absolute Gasteiger partial charge is 0.287 e. The van der Waals surface area contributed by atoms with Gasteiger partial charge in [0.2, 0.25) is 0 Å². The molecule has 1 saturated carbocycles. The van der Waals surface area contributed by atoms with E-state index in [4.69, 9.17) is 16.7 Å². The Kier molecular flexibility index (Phi) is 6.06. The van der Waals surface area contributed by atoms with Crippen molar-refractivity contribution >= 4 is 17.3 Å². The Morgan fingerprint density at radius 3 is 2.81 bits per heavy atom. The Balaban J connectivity index is 1.86. The summed E-state index contributed by atoms with van der Waals surface area (Å²) in [5.74, 6) is 1.64. The van der Waals surface area contributed by atoms with Gasteiger partial charge in [0.25, 0.3) is 5.56 Å². The van der Waals surface area contributed by atoms with Gasteiger partial charge >= 0.3 is 0 Å². The van der Waals surface area contributed by atoms with E-state index in [0.717, 1.165) is 24.8 Å². The Hall–Kier alpha value is -1.07. The summed E-state index contributed by atoms with van der Waals surface area (Å²) >= 11 is 6.06. The average Bonchev–Trinajstić information content (AvgIpc) is 2.48. The molecular weight excluding hydrogens is 290 g/mol. The zero-order valence-corrected chi connectivity index (χ0v) is 13.3. The first-order valence-electron chi connectivity index (χ1n) is 7.72. The number of rotatable bonds is 6. The highest BCUT2D eigenvalue weighted by atomic mass is 35.5. The van der Waals surface area contributed by atoms with E-state index in [2.05, 4.69) is 17.3 Å². The van der Waals surface area contributed by atoms with Crippen molar-refractivity contribution in [2.45, 2.75) is 45.6 Å². The van der Waals surface area contributed by atoms with E-state index in [1.54, 1.807) is 6.20 Å². The highest BCUT2D eigenvalue weighted by Crippen LogP contribution is 2.30. The maximum atomic E-state index is 11.9. The molecule has 1 aromatic rings. The molecule has 0 saturated heterocycles. The van der Waals surface area contributed by atoms with Crippen LogP contribution in [0.1, 0.15) is 39.0 Å². The van der Waals surface area contributed by atoms with Crippen molar-refractivity contribution in [2.24, 2.45) is 11.8 Å². The lowest BCUT2D eigenvalue weighted by atomic mass is 9.81. The van der Waals surface area contributed by atoms with E-state index in [-0.39, 0.29) is 23.7 Å². The maximum Gasteiger partial charge on any atom is 0.287 e. The summed E-state index contributed by atoms with van der Waals surface area (Å²) in [6, 6.07) is 0. The summed E-state index contributed by atoms with van der Waals surface area (Å²) in [6.45, 7) is 3.17. The first kappa shape index (κ1) is 16.3. The molecule has 0 radical (unpaired) electrons. The summed E-state index contributed by atoms with van der Waals surface area (Å²) in [6.07, 6.45) is 7.90. The molecule has 2 rings (SSSR count). The quantitative estimate of drug-likeness (QED) is 0.847. The number of nitrogens with zero attached hydrogens (tertiary/aromatic N) is 2. The molecule has 6 heteroatoms. The highest BCUT2D eigenvalue weighted by Gasteiger charge is 2.18. The molecule has 2 N–H and O–H groups in total. The van der Waals surface area contributed by atoms with Gasteiger partial charge in [0, 0.05) is 6.54 Å². The fraction of sp³-hybridized carbons (Fsp3) is 0.733. The molecule has 1 aromatic heterocycles. The van der Waals surface area contributed by atoms with Gasteiger partial charge in [0.15, 0.2) is 0 Å². The Morgan fingerprint density at radius 1 is 1.43 bits per heavy atom. The van der Waals surface area contributed by atoms with Crippen molar-refractivity contribution in [3.8, 4) is 0 Å². The first-order chi connectivity index (χ1) is 10.1. The van der Waals surface area contributed by atoms with Crippen LogP contribution in [0.5, 0.6) is 0 Å². The number of aromatic nitrogens is 2. The zero-order valence-electron chi connectivity index (χ0n) is 12.5. The van der Waals surface area contributed by atoms with Gasteiger partial charge in [-0.25, -0.2) is 4.68 Å². The Morgan fingerprint density at radius 2 is 2.14 bits per heavy atom. The van der Waals surface area contributed by atoms with Crippen LogP contribution in [0.4, 0.5) is 5.69 Å². The van der Waals surface area contributed by atoms with Crippen LogP contribution >= 0.6 is 11.6 Å². The summed E-state index contributed by atoms with van der Waals surface area (Å²) in [7, 11) is 0. The van der Waals surface area contributed by atoms with Gasteiger partial charge in [0.05, 0.1) is 25.0 Å². The van der Waals surface area contributed by atoms with Crippen LogP contribution in [0.3, 0.4) is 0 Å². The van der Waals surface area contributed by atoms with Crippen molar-refractivity contribution in [2.75, 3.05) is 18.5 Å². The molecular formula is C15H24ClN3O2. The number of hydrogen-bond donors (Lipinski definition) is 2. The molecule has 0 atom stereocenters. The molecule has 0 spiro atoms. The molecule has 1 fully saturated rings. The van der Waals surface area contributed by atoms with Crippen molar-refractivity contribution in [1.29, 1.82) is 0 Å². The molecule has 1 aliphatic rings. The van der Waals surface area contributed by atoms with Gasteiger partial charge in [0.1, 0.15) is 5.02 Å². The van der Waals surface area contributed by atoms with Gasteiger partial charge < -0.3 is 10.4 Å². The van der Waals surface area contributed by atoms with E-state index in [1.165, 1.54) is 30.4 Å². The van der Waals surface area contributed by atoms with E-state index < -0.39 is 0 Å². The van der Waals surface area contributed by atoms with Crippen LogP contribution in [-0.2, 0) is 6.54 Å². The van der Waals surface area contributed by atoms with Crippen molar-refractivity contribution in [3.05, 3.63) is 21.6 Å². The fourth-order valence-corrected chi connectivity index (χ4v) is 3.08. The lowest BCUT2D eigenvalue weighted by Gasteiger charge is -2.26. The van der Waals surface area contributed by atoms with Gasteiger partial charge in [-0.15, -0.1) is 0 Å². The minimum Gasteiger partial charge on any atom is -0.394 e. The molecule has 1 heterocycles. The second-order valence-corrected chi connectivity index (χ2v) is 6.34. The average molecular weight is 314 g/mol.